The molecule has 1 aliphatic rings. The van der Waals surface area contributed by atoms with Crippen molar-refractivity contribution in [2.75, 3.05) is 18.5 Å². The minimum absolute atomic E-state index is 0.109. The first kappa shape index (κ1) is 22.6. The Hall–Kier alpha value is -3.06. The second-order valence-electron chi connectivity index (χ2n) is 7.48. The van der Waals surface area contributed by atoms with Gasteiger partial charge in [0.2, 0.25) is 0 Å². The fourth-order valence-corrected chi connectivity index (χ4v) is 4.04. The van der Waals surface area contributed by atoms with E-state index in [-0.39, 0.29) is 23.7 Å². The van der Waals surface area contributed by atoms with Gasteiger partial charge in [-0.25, -0.2) is 0 Å². The smallest absolute Gasteiger partial charge is 0.293 e. The maximum Gasteiger partial charge on any atom is 0.293 e. The Morgan fingerprint density at radius 2 is 1.84 bits per heavy atom. The molecule has 0 aromatic heterocycles. The fourth-order valence-electron chi connectivity index (χ4n) is 3.18. The number of hydrogen-bond donors (Lipinski definition) is 1. The monoisotopic (exact) mass is 438 g/mol. The van der Waals surface area contributed by atoms with Gasteiger partial charge in [0, 0.05) is 12.2 Å². The van der Waals surface area contributed by atoms with E-state index in [2.05, 4.69) is 19.2 Å². The highest BCUT2D eigenvalue weighted by Crippen LogP contribution is 2.32. The molecule has 31 heavy (non-hydrogen) atoms. The third kappa shape index (κ3) is 5.76. The van der Waals surface area contributed by atoms with E-state index in [9.17, 15) is 14.4 Å². The highest BCUT2D eigenvalue weighted by molar-refractivity contribution is 8.18. The number of anilines is 1. The van der Waals surface area contributed by atoms with Crippen LogP contribution in [0.3, 0.4) is 0 Å². The van der Waals surface area contributed by atoms with Crippen molar-refractivity contribution in [2.45, 2.75) is 33.1 Å². The number of amides is 3. The molecule has 0 spiro atoms. The van der Waals surface area contributed by atoms with E-state index < -0.39 is 0 Å². The van der Waals surface area contributed by atoms with E-state index in [1.165, 1.54) is 4.90 Å². The normalized spacial score (nSPS) is 15.1. The number of carbonyl (C=O) groups excluding carboxylic acids is 3. The van der Waals surface area contributed by atoms with E-state index in [1.807, 2.05) is 31.2 Å². The van der Waals surface area contributed by atoms with Crippen molar-refractivity contribution in [3.05, 3.63) is 64.6 Å². The Morgan fingerprint density at radius 1 is 1.13 bits per heavy atom. The topological polar surface area (TPSA) is 75.7 Å². The summed E-state index contributed by atoms with van der Waals surface area (Å²) in [6.07, 6.45) is 2.42. The molecule has 1 heterocycles. The zero-order valence-electron chi connectivity index (χ0n) is 17.9. The molecule has 0 saturated carbocycles. The number of para-hydroxylation sites is 1. The van der Waals surface area contributed by atoms with E-state index in [1.54, 1.807) is 30.3 Å². The van der Waals surface area contributed by atoms with E-state index in [0.717, 1.165) is 35.0 Å². The van der Waals surface area contributed by atoms with E-state index in [0.29, 0.717) is 23.1 Å². The largest absolute Gasteiger partial charge is 0.484 e. The summed E-state index contributed by atoms with van der Waals surface area (Å²) in [5.74, 6) is 0.356. The molecule has 2 aromatic rings. The number of rotatable bonds is 8. The molecule has 0 aliphatic carbocycles. The zero-order chi connectivity index (χ0) is 22.4. The quantitative estimate of drug-likeness (QED) is 0.568. The summed E-state index contributed by atoms with van der Waals surface area (Å²) in [5.41, 5.74) is 2.65. The average molecular weight is 439 g/mol. The second-order valence-corrected chi connectivity index (χ2v) is 8.47. The van der Waals surface area contributed by atoms with Gasteiger partial charge in [-0.1, -0.05) is 51.1 Å². The molecule has 0 bridgehead atoms. The number of nitrogens with zero attached hydrogens (tertiary/aromatic N) is 1. The summed E-state index contributed by atoms with van der Waals surface area (Å²) in [5, 5.41) is 2.66. The maximum atomic E-state index is 12.3. The number of nitrogens with one attached hydrogen (secondary N) is 1. The van der Waals surface area contributed by atoms with Gasteiger partial charge < -0.3 is 10.1 Å². The van der Waals surface area contributed by atoms with Gasteiger partial charge in [0.15, 0.2) is 6.61 Å². The van der Waals surface area contributed by atoms with Crippen LogP contribution in [0.15, 0.2) is 53.4 Å². The van der Waals surface area contributed by atoms with Gasteiger partial charge in [-0.15, -0.1) is 0 Å². The third-order valence-electron chi connectivity index (χ3n) is 4.73. The van der Waals surface area contributed by atoms with Crippen LogP contribution in [0.5, 0.6) is 5.75 Å². The molecule has 2 aromatic carbocycles. The Balaban J connectivity index is 1.57. The molecule has 3 rings (SSSR count). The predicted octanol–water partition coefficient (Wildman–Crippen LogP) is 5.27. The van der Waals surface area contributed by atoms with Gasteiger partial charge in [-0.3, -0.25) is 19.3 Å². The van der Waals surface area contributed by atoms with Crippen molar-refractivity contribution in [1.82, 2.24) is 4.90 Å². The average Bonchev–Trinajstić information content (AvgIpc) is 3.01. The minimum Gasteiger partial charge on any atom is -0.484 e. The zero-order valence-corrected chi connectivity index (χ0v) is 18.7. The number of benzene rings is 2. The number of thioether (sulfide) groups is 1. The Morgan fingerprint density at radius 3 is 2.52 bits per heavy atom. The molecule has 1 saturated heterocycles. The lowest BCUT2D eigenvalue weighted by molar-refractivity contribution is -0.122. The van der Waals surface area contributed by atoms with Crippen LogP contribution in [-0.4, -0.2) is 35.1 Å². The van der Waals surface area contributed by atoms with Crippen molar-refractivity contribution in [1.29, 1.82) is 0 Å². The van der Waals surface area contributed by atoms with Gasteiger partial charge in [0.05, 0.1) is 4.91 Å². The number of imide groups is 1. The van der Waals surface area contributed by atoms with Gasteiger partial charge in [-0.05, 0) is 59.5 Å². The van der Waals surface area contributed by atoms with Crippen molar-refractivity contribution >= 4 is 40.6 Å². The molecule has 1 aliphatic heterocycles. The van der Waals surface area contributed by atoms with Gasteiger partial charge in [0.1, 0.15) is 5.75 Å². The summed E-state index contributed by atoms with van der Waals surface area (Å²) in [6.45, 7) is 6.40. The van der Waals surface area contributed by atoms with Crippen molar-refractivity contribution in [2.24, 2.45) is 0 Å². The van der Waals surface area contributed by atoms with Crippen LogP contribution in [0.2, 0.25) is 0 Å². The lowest BCUT2D eigenvalue weighted by atomic mass is 10.0. The summed E-state index contributed by atoms with van der Waals surface area (Å²) in [4.78, 5) is 38.2. The summed E-state index contributed by atoms with van der Waals surface area (Å²) >= 11 is 0.953. The van der Waals surface area contributed by atoms with Crippen molar-refractivity contribution in [3.8, 4) is 5.75 Å². The van der Waals surface area contributed by atoms with Crippen molar-refractivity contribution in [3.63, 3.8) is 0 Å². The molecular formula is C24H26N2O4S. The minimum atomic E-state index is -0.254. The Kier molecular flexibility index (Phi) is 7.52. The van der Waals surface area contributed by atoms with Crippen LogP contribution in [0, 0.1) is 0 Å². The maximum absolute atomic E-state index is 12.3. The molecule has 162 valence electrons. The number of carbonyl (C=O) groups is 3. The molecule has 0 radical (unpaired) electrons. The second kappa shape index (κ2) is 10.3. The third-order valence-corrected chi connectivity index (χ3v) is 5.63. The Bertz CT molecular complexity index is 999. The molecule has 0 unspecified atom stereocenters. The molecule has 7 heteroatoms. The SMILES string of the molecule is CCCN1C(=O)S/C(=C/c2ccc(OCC(=O)Nc3ccccc3C(C)C)cc2)C1=O. The number of hydrogen-bond acceptors (Lipinski definition) is 5. The highest BCUT2D eigenvalue weighted by Gasteiger charge is 2.34. The first-order valence-electron chi connectivity index (χ1n) is 10.3. The van der Waals surface area contributed by atoms with Gasteiger partial charge >= 0.3 is 0 Å². The highest BCUT2D eigenvalue weighted by atomic mass is 32.2. The first-order chi connectivity index (χ1) is 14.9. The molecular weight excluding hydrogens is 412 g/mol. The van der Waals surface area contributed by atoms with Crippen LogP contribution in [0.1, 0.15) is 44.2 Å². The Labute approximate surface area is 186 Å². The summed E-state index contributed by atoms with van der Waals surface area (Å²) in [6, 6.07) is 14.8. The molecule has 6 nitrogen and oxygen atoms in total. The predicted molar refractivity (Wildman–Crippen MR) is 124 cm³/mol. The number of ether oxygens (including phenoxy) is 1. The van der Waals surface area contributed by atoms with Gasteiger partial charge in [-0.2, -0.15) is 0 Å². The summed E-state index contributed by atoms with van der Waals surface area (Å²) < 4.78 is 5.59. The van der Waals surface area contributed by atoms with E-state index >= 15 is 0 Å². The fraction of sp³-hybridized carbons (Fsp3) is 0.292. The first-order valence-corrected chi connectivity index (χ1v) is 11.1. The molecule has 0 atom stereocenters. The van der Waals surface area contributed by atoms with Gasteiger partial charge in [0.25, 0.3) is 17.1 Å². The van der Waals surface area contributed by atoms with Crippen LogP contribution >= 0.6 is 11.8 Å². The van der Waals surface area contributed by atoms with Crippen LogP contribution < -0.4 is 10.1 Å². The van der Waals surface area contributed by atoms with E-state index in [4.69, 9.17) is 4.74 Å². The van der Waals surface area contributed by atoms with Crippen LogP contribution in [0.25, 0.3) is 6.08 Å². The lowest BCUT2D eigenvalue weighted by Crippen LogP contribution is -2.28. The lowest BCUT2D eigenvalue weighted by Gasteiger charge is -2.14. The van der Waals surface area contributed by atoms with Crippen molar-refractivity contribution < 1.29 is 19.1 Å². The standard InChI is InChI=1S/C24H26N2O4S/c1-4-13-26-23(28)21(31-24(26)29)14-17-9-11-18(12-10-17)30-15-22(27)25-20-8-6-5-7-19(20)16(2)3/h5-12,14,16H,4,13,15H2,1-3H3,(H,25,27)/b21-14+. The van der Waals surface area contributed by atoms with Crippen LogP contribution in [-0.2, 0) is 9.59 Å². The summed E-state index contributed by atoms with van der Waals surface area (Å²) in [7, 11) is 0. The molecule has 1 fully saturated rings. The van der Waals surface area contributed by atoms with Crippen LogP contribution in [0.4, 0.5) is 10.5 Å². The molecule has 3 amide bonds. The molecule has 1 N–H and O–H groups in total.